The summed E-state index contributed by atoms with van der Waals surface area (Å²) in [4.78, 5) is 15.3. The summed E-state index contributed by atoms with van der Waals surface area (Å²) >= 11 is 0. The van der Waals surface area contributed by atoms with Crippen LogP contribution in [0.3, 0.4) is 0 Å². The fourth-order valence-corrected chi connectivity index (χ4v) is 5.10. The van der Waals surface area contributed by atoms with Crippen LogP contribution in [0.2, 0.25) is 0 Å². The van der Waals surface area contributed by atoms with Gasteiger partial charge in [-0.25, -0.2) is 13.4 Å². The van der Waals surface area contributed by atoms with Crippen molar-refractivity contribution in [1.82, 2.24) is 13.9 Å². The summed E-state index contributed by atoms with van der Waals surface area (Å²) in [7, 11) is -3.63. The molecular formula is C21H24N4O6S. The molecule has 0 unspecified atom stereocenters. The van der Waals surface area contributed by atoms with Gasteiger partial charge in [0.2, 0.25) is 10.0 Å². The third-order valence-corrected chi connectivity index (χ3v) is 7.14. The lowest BCUT2D eigenvalue weighted by molar-refractivity contribution is -0.384. The van der Waals surface area contributed by atoms with E-state index in [1.807, 2.05) is 11.5 Å². The average molecular weight is 461 g/mol. The van der Waals surface area contributed by atoms with Crippen molar-refractivity contribution in [1.29, 1.82) is 0 Å². The lowest BCUT2D eigenvalue weighted by Crippen LogP contribution is -2.40. The summed E-state index contributed by atoms with van der Waals surface area (Å²) in [6.45, 7) is 4.23. The van der Waals surface area contributed by atoms with Crippen molar-refractivity contribution >= 4 is 26.7 Å². The SMILES string of the molecule is CCCn1c(COc2cccc([N+](=O)[O-])c2)nc2cc(S(=O)(=O)N3CCOCC3)ccc21. The molecule has 0 atom stereocenters. The van der Waals surface area contributed by atoms with Crippen molar-refractivity contribution in [2.45, 2.75) is 31.4 Å². The van der Waals surface area contributed by atoms with E-state index in [2.05, 4.69) is 4.98 Å². The highest BCUT2D eigenvalue weighted by atomic mass is 32.2. The molecule has 0 aliphatic carbocycles. The highest BCUT2D eigenvalue weighted by Gasteiger charge is 2.27. The van der Waals surface area contributed by atoms with Crippen LogP contribution in [0.15, 0.2) is 47.4 Å². The Balaban J connectivity index is 1.63. The number of aryl methyl sites for hydroxylation is 1. The summed E-state index contributed by atoms with van der Waals surface area (Å²) in [6, 6.07) is 10.9. The first-order valence-electron chi connectivity index (χ1n) is 10.3. The number of aromatic nitrogens is 2. The summed E-state index contributed by atoms with van der Waals surface area (Å²) in [6.07, 6.45) is 0.850. The number of nitrogens with zero attached hydrogens (tertiary/aromatic N) is 4. The molecule has 2 heterocycles. The maximum Gasteiger partial charge on any atom is 0.273 e. The Morgan fingerprint density at radius 3 is 2.69 bits per heavy atom. The second-order valence-corrected chi connectivity index (χ2v) is 9.33. The van der Waals surface area contributed by atoms with Crippen LogP contribution in [-0.2, 0) is 27.9 Å². The second kappa shape index (κ2) is 9.23. The molecule has 32 heavy (non-hydrogen) atoms. The van der Waals surface area contributed by atoms with Gasteiger partial charge in [0.1, 0.15) is 18.2 Å². The number of benzene rings is 2. The first kappa shape index (κ1) is 22.2. The number of sulfonamides is 1. The van der Waals surface area contributed by atoms with Crippen LogP contribution in [-0.4, -0.2) is 53.5 Å². The third-order valence-electron chi connectivity index (χ3n) is 5.25. The minimum Gasteiger partial charge on any atom is -0.485 e. The van der Waals surface area contributed by atoms with Crippen molar-refractivity contribution in [3.05, 3.63) is 58.4 Å². The standard InChI is InChI=1S/C21H24N4O6S/c1-2-8-24-20-7-6-18(32(28,29)23-9-11-30-12-10-23)14-19(20)22-21(24)15-31-17-5-3-4-16(13-17)25(26)27/h3-7,13-14H,2,8-12,15H2,1H3. The van der Waals surface area contributed by atoms with Crippen LogP contribution in [0, 0.1) is 10.1 Å². The molecule has 11 heteroatoms. The van der Waals surface area contributed by atoms with E-state index >= 15 is 0 Å². The van der Waals surface area contributed by atoms with E-state index in [4.69, 9.17) is 9.47 Å². The van der Waals surface area contributed by atoms with Gasteiger partial charge >= 0.3 is 0 Å². The van der Waals surface area contributed by atoms with Crippen LogP contribution in [0.1, 0.15) is 19.2 Å². The van der Waals surface area contributed by atoms with E-state index < -0.39 is 14.9 Å². The van der Waals surface area contributed by atoms with E-state index in [0.29, 0.717) is 49.9 Å². The Kier molecular flexibility index (Phi) is 6.40. The number of hydrogen-bond donors (Lipinski definition) is 0. The minimum absolute atomic E-state index is 0.0532. The smallest absolute Gasteiger partial charge is 0.273 e. The quantitative estimate of drug-likeness (QED) is 0.375. The van der Waals surface area contributed by atoms with Gasteiger partial charge in [0.15, 0.2) is 0 Å². The average Bonchev–Trinajstić information content (AvgIpc) is 3.15. The van der Waals surface area contributed by atoms with Crippen LogP contribution in [0.25, 0.3) is 11.0 Å². The maximum absolute atomic E-state index is 13.0. The first-order valence-corrected chi connectivity index (χ1v) is 11.8. The molecule has 1 saturated heterocycles. The zero-order valence-electron chi connectivity index (χ0n) is 17.6. The number of rotatable bonds is 8. The fraction of sp³-hybridized carbons (Fsp3) is 0.381. The number of non-ortho nitro benzene ring substituents is 1. The highest BCUT2D eigenvalue weighted by molar-refractivity contribution is 7.89. The molecule has 4 rings (SSSR count). The van der Waals surface area contributed by atoms with E-state index in [1.54, 1.807) is 30.3 Å². The Morgan fingerprint density at radius 2 is 1.97 bits per heavy atom. The lowest BCUT2D eigenvalue weighted by atomic mass is 10.3. The van der Waals surface area contributed by atoms with E-state index in [0.717, 1.165) is 11.9 Å². The van der Waals surface area contributed by atoms with Crippen molar-refractivity contribution < 1.29 is 22.8 Å². The molecule has 0 bridgehead atoms. The predicted molar refractivity (Wildman–Crippen MR) is 117 cm³/mol. The zero-order chi connectivity index (χ0) is 22.7. The molecule has 1 aliphatic rings. The molecule has 1 aromatic heterocycles. The van der Waals surface area contributed by atoms with Crippen molar-refractivity contribution in [2.24, 2.45) is 0 Å². The summed E-state index contributed by atoms with van der Waals surface area (Å²) < 4.78 is 40.4. The van der Waals surface area contributed by atoms with Crippen LogP contribution < -0.4 is 4.74 Å². The molecule has 0 spiro atoms. The second-order valence-electron chi connectivity index (χ2n) is 7.39. The van der Waals surface area contributed by atoms with Gasteiger partial charge in [-0.2, -0.15) is 4.31 Å². The van der Waals surface area contributed by atoms with Crippen LogP contribution in [0.4, 0.5) is 5.69 Å². The zero-order valence-corrected chi connectivity index (χ0v) is 18.5. The van der Waals surface area contributed by atoms with Crippen LogP contribution >= 0.6 is 0 Å². The number of ether oxygens (including phenoxy) is 2. The van der Waals surface area contributed by atoms with Gasteiger partial charge in [-0.15, -0.1) is 0 Å². The van der Waals surface area contributed by atoms with Gasteiger partial charge in [-0.1, -0.05) is 13.0 Å². The van der Waals surface area contributed by atoms with Gasteiger partial charge in [0.25, 0.3) is 5.69 Å². The molecule has 170 valence electrons. The first-order chi connectivity index (χ1) is 15.4. The molecule has 10 nitrogen and oxygen atoms in total. The molecule has 1 aliphatic heterocycles. The molecule has 2 aromatic carbocycles. The van der Waals surface area contributed by atoms with Crippen molar-refractivity contribution in [3.63, 3.8) is 0 Å². The Bertz CT molecular complexity index is 1230. The largest absolute Gasteiger partial charge is 0.485 e. The van der Waals surface area contributed by atoms with E-state index in [1.165, 1.54) is 16.4 Å². The molecular weight excluding hydrogens is 436 g/mol. The summed E-state index contributed by atoms with van der Waals surface area (Å²) in [5.74, 6) is 0.985. The Labute approximate surface area is 185 Å². The third kappa shape index (κ3) is 4.45. The van der Waals surface area contributed by atoms with Crippen molar-refractivity contribution in [3.8, 4) is 5.75 Å². The van der Waals surface area contributed by atoms with Gasteiger partial charge in [-0.3, -0.25) is 10.1 Å². The number of imidazole rings is 1. The molecule has 1 fully saturated rings. The topological polar surface area (TPSA) is 117 Å². The Hall–Kier alpha value is -3.02. The number of nitro groups is 1. The van der Waals surface area contributed by atoms with E-state index in [9.17, 15) is 18.5 Å². The van der Waals surface area contributed by atoms with E-state index in [-0.39, 0.29) is 17.2 Å². The summed E-state index contributed by atoms with van der Waals surface area (Å²) in [5, 5.41) is 11.0. The van der Waals surface area contributed by atoms with Gasteiger partial charge < -0.3 is 14.0 Å². The number of nitro benzene ring substituents is 1. The molecule has 0 N–H and O–H groups in total. The summed E-state index contributed by atoms with van der Waals surface area (Å²) in [5.41, 5.74) is 1.32. The number of hydrogen-bond acceptors (Lipinski definition) is 7. The molecule has 0 amide bonds. The fourth-order valence-electron chi connectivity index (χ4n) is 3.67. The highest BCUT2D eigenvalue weighted by Crippen LogP contribution is 2.25. The number of fused-ring (bicyclic) bond motifs is 1. The molecule has 3 aromatic rings. The normalized spacial score (nSPS) is 15.2. The van der Waals surface area contributed by atoms with Crippen LogP contribution in [0.5, 0.6) is 5.75 Å². The predicted octanol–water partition coefficient (Wildman–Crippen LogP) is 2.95. The van der Waals surface area contributed by atoms with Gasteiger partial charge in [-0.05, 0) is 30.7 Å². The van der Waals surface area contributed by atoms with Crippen molar-refractivity contribution in [2.75, 3.05) is 26.3 Å². The lowest BCUT2D eigenvalue weighted by Gasteiger charge is -2.26. The number of morpholine rings is 1. The minimum atomic E-state index is -3.63. The molecule has 0 saturated carbocycles. The maximum atomic E-state index is 13.0. The monoisotopic (exact) mass is 460 g/mol. The molecule has 0 radical (unpaired) electrons. The van der Waals surface area contributed by atoms with Gasteiger partial charge in [0.05, 0.1) is 40.1 Å². The van der Waals surface area contributed by atoms with Gasteiger partial charge in [0, 0.05) is 25.7 Å². The Morgan fingerprint density at radius 1 is 1.19 bits per heavy atom.